The van der Waals surface area contributed by atoms with Crippen molar-refractivity contribution in [1.29, 1.82) is 0 Å². The van der Waals surface area contributed by atoms with E-state index in [2.05, 4.69) is 123 Å². The molecule has 3 heteroatoms. The Hall–Kier alpha value is -5.93. The second-order valence-corrected chi connectivity index (χ2v) is 12.9. The quantitative estimate of drug-likeness (QED) is 0.116. The van der Waals surface area contributed by atoms with Crippen molar-refractivity contribution in [1.82, 2.24) is 0 Å². The van der Waals surface area contributed by atoms with E-state index >= 15 is 0 Å². The number of fused-ring (bicyclic) bond motifs is 1. The molecule has 0 saturated carbocycles. The van der Waals surface area contributed by atoms with Crippen molar-refractivity contribution in [2.75, 3.05) is 4.90 Å². The van der Waals surface area contributed by atoms with Crippen molar-refractivity contribution in [3.63, 3.8) is 0 Å². The highest BCUT2D eigenvalue weighted by atomic mass is 16.5. The van der Waals surface area contributed by atoms with Gasteiger partial charge < -0.3 is 9.64 Å². The molecule has 7 aromatic rings. The van der Waals surface area contributed by atoms with Crippen LogP contribution in [0.2, 0.25) is 0 Å². The number of hydrogen-bond acceptors (Lipinski definition) is 3. The van der Waals surface area contributed by atoms with E-state index in [1.807, 2.05) is 66.7 Å². The molecule has 0 N–H and O–H groups in total. The van der Waals surface area contributed by atoms with Crippen LogP contribution in [0.25, 0.3) is 21.9 Å². The number of esters is 1. The van der Waals surface area contributed by atoms with Crippen molar-refractivity contribution in [2.45, 2.75) is 33.1 Å². The summed E-state index contributed by atoms with van der Waals surface area (Å²) in [5, 5.41) is 2.36. The third-order valence-corrected chi connectivity index (χ3v) is 9.06. The van der Waals surface area contributed by atoms with Crippen LogP contribution in [0.15, 0.2) is 164 Å². The van der Waals surface area contributed by atoms with E-state index in [-0.39, 0.29) is 0 Å². The maximum atomic E-state index is 13.3. The molecule has 0 aliphatic carbocycles. The largest absolute Gasteiger partial charge is 0.423 e. The molecule has 240 valence electrons. The van der Waals surface area contributed by atoms with Gasteiger partial charge in [0.05, 0.1) is 5.56 Å². The molecule has 0 heterocycles. The minimum atomic E-state index is -0.391. The number of rotatable bonds is 9. The fourth-order valence-electron chi connectivity index (χ4n) is 6.26. The summed E-state index contributed by atoms with van der Waals surface area (Å²) < 4.78 is 5.86. The van der Waals surface area contributed by atoms with Crippen molar-refractivity contribution >= 4 is 33.8 Å². The SMILES string of the molecule is Cc1ccc(Cc2ccc(C(C)C)cc2-c2ccc(OC(=O)c3ccc(N(c4ccccc4)c4ccc5ccccc5c4)cc3)cc2)cc1. The molecule has 0 spiro atoms. The minimum absolute atomic E-state index is 0.391. The highest BCUT2D eigenvalue weighted by molar-refractivity contribution is 5.93. The van der Waals surface area contributed by atoms with E-state index in [1.165, 1.54) is 38.6 Å². The summed E-state index contributed by atoms with van der Waals surface area (Å²) in [5.74, 6) is 0.546. The van der Waals surface area contributed by atoms with Crippen LogP contribution in [0.5, 0.6) is 5.75 Å². The molecule has 0 amide bonds. The van der Waals surface area contributed by atoms with Gasteiger partial charge in [0.25, 0.3) is 0 Å². The fraction of sp³-hybridized carbons (Fsp3) is 0.109. The summed E-state index contributed by atoms with van der Waals surface area (Å²) in [4.78, 5) is 15.5. The number of aryl methyl sites for hydroxylation is 1. The first kappa shape index (κ1) is 31.7. The van der Waals surface area contributed by atoms with Gasteiger partial charge in [0.1, 0.15) is 5.75 Å². The van der Waals surface area contributed by atoms with Gasteiger partial charge in [0.2, 0.25) is 0 Å². The van der Waals surface area contributed by atoms with Crippen LogP contribution in [0, 0.1) is 6.92 Å². The fourth-order valence-corrected chi connectivity index (χ4v) is 6.26. The third-order valence-electron chi connectivity index (χ3n) is 9.06. The molecule has 49 heavy (non-hydrogen) atoms. The number of anilines is 3. The summed E-state index contributed by atoms with van der Waals surface area (Å²) in [5.41, 5.74) is 10.9. The molecule has 0 aliphatic rings. The van der Waals surface area contributed by atoms with Crippen LogP contribution in [0.1, 0.15) is 52.4 Å². The highest BCUT2D eigenvalue weighted by Gasteiger charge is 2.16. The molecular formula is C46H39NO2. The second kappa shape index (κ2) is 14.0. The lowest BCUT2D eigenvalue weighted by molar-refractivity contribution is 0.0735. The number of hydrogen-bond donors (Lipinski definition) is 0. The summed E-state index contributed by atoms with van der Waals surface area (Å²) in [6, 6.07) is 56.1. The molecule has 0 bridgehead atoms. The Bertz CT molecular complexity index is 2200. The van der Waals surface area contributed by atoms with Crippen molar-refractivity contribution in [3.8, 4) is 16.9 Å². The lowest BCUT2D eigenvalue weighted by Gasteiger charge is -2.26. The lowest BCUT2D eigenvalue weighted by atomic mass is 9.90. The number of benzene rings is 7. The van der Waals surface area contributed by atoms with Gasteiger partial charge in [-0.1, -0.05) is 123 Å². The van der Waals surface area contributed by atoms with Gasteiger partial charge >= 0.3 is 5.97 Å². The number of carbonyl (C=O) groups excluding carboxylic acids is 1. The van der Waals surface area contributed by atoms with Gasteiger partial charge in [0, 0.05) is 17.1 Å². The van der Waals surface area contributed by atoms with Crippen molar-refractivity contribution in [3.05, 3.63) is 192 Å². The zero-order valence-corrected chi connectivity index (χ0v) is 28.1. The Labute approximate surface area is 289 Å². The molecule has 0 aliphatic heterocycles. The van der Waals surface area contributed by atoms with Gasteiger partial charge in [0.15, 0.2) is 0 Å². The molecule has 0 unspecified atom stereocenters. The Morgan fingerprint density at radius 1 is 0.612 bits per heavy atom. The Balaban J connectivity index is 1.11. The summed E-state index contributed by atoms with van der Waals surface area (Å²) in [6.07, 6.45) is 0.850. The minimum Gasteiger partial charge on any atom is -0.423 e. The van der Waals surface area contributed by atoms with E-state index in [0.29, 0.717) is 17.2 Å². The molecule has 0 aromatic heterocycles. The van der Waals surface area contributed by atoms with Gasteiger partial charge in [-0.15, -0.1) is 0 Å². The molecule has 0 saturated heterocycles. The molecule has 3 nitrogen and oxygen atoms in total. The summed E-state index contributed by atoms with van der Waals surface area (Å²) >= 11 is 0. The van der Waals surface area contributed by atoms with Crippen LogP contribution in [0.4, 0.5) is 17.1 Å². The van der Waals surface area contributed by atoms with Gasteiger partial charge in [-0.2, -0.15) is 0 Å². The van der Waals surface area contributed by atoms with Gasteiger partial charge in [-0.25, -0.2) is 4.79 Å². The van der Waals surface area contributed by atoms with Crippen LogP contribution in [-0.4, -0.2) is 5.97 Å². The Kier molecular flexibility index (Phi) is 9.08. The van der Waals surface area contributed by atoms with E-state index < -0.39 is 5.97 Å². The Morgan fingerprint density at radius 2 is 1.27 bits per heavy atom. The third kappa shape index (κ3) is 7.17. The molecule has 7 aromatic carbocycles. The van der Waals surface area contributed by atoms with Crippen LogP contribution in [0.3, 0.4) is 0 Å². The van der Waals surface area contributed by atoms with Gasteiger partial charge in [-0.3, -0.25) is 0 Å². The highest BCUT2D eigenvalue weighted by Crippen LogP contribution is 2.36. The van der Waals surface area contributed by atoms with Crippen LogP contribution in [-0.2, 0) is 6.42 Å². The lowest BCUT2D eigenvalue weighted by Crippen LogP contribution is -2.11. The molecular weight excluding hydrogens is 599 g/mol. The first-order valence-electron chi connectivity index (χ1n) is 16.9. The van der Waals surface area contributed by atoms with E-state index in [9.17, 15) is 4.79 Å². The van der Waals surface area contributed by atoms with E-state index in [1.54, 1.807) is 0 Å². The standard InChI is InChI=1S/C46H39NO2/c1-32(2)38-17-18-40(29-34-15-13-33(3)14-16-34)45(31-38)36-22-27-44(28-23-36)49-46(48)37-20-24-42(25-21-37)47(41-11-5-4-6-12-41)43-26-19-35-9-7-8-10-39(35)30-43/h4-28,30-32H,29H2,1-3H3. The number of ether oxygens (including phenoxy) is 1. The molecule has 0 fully saturated rings. The molecule has 7 rings (SSSR count). The zero-order valence-electron chi connectivity index (χ0n) is 28.1. The topological polar surface area (TPSA) is 29.5 Å². The predicted octanol–water partition coefficient (Wildman–Crippen LogP) is 12.2. The monoisotopic (exact) mass is 637 g/mol. The number of para-hydroxylation sites is 1. The van der Waals surface area contributed by atoms with Crippen molar-refractivity contribution < 1.29 is 9.53 Å². The number of carbonyl (C=O) groups is 1. The summed E-state index contributed by atoms with van der Waals surface area (Å²) in [6.45, 7) is 6.55. The normalized spacial score (nSPS) is 11.1. The second-order valence-electron chi connectivity index (χ2n) is 12.9. The van der Waals surface area contributed by atoms with Crippen molar-refractivity contribution in [2.24, 2.45) is 0 Å². The molecule has 0 radical (unpaired) electrons. The van der Waals surface area contributed by atoms with E-state index in [4.69, 9.17) is 4.74 Å². The van der Waals surface area contributed by atoms with Crippen LogP contribution >= 0.6 is 0 Å². The first-order chi connectivity index (χ1) is 23.9. The first-order valence-corrected chi connectivity index (χ1v) is 16.9. The average Bonchev–Trinajstić information content (AvgIpc) is 3.14. The number of nitrogens with zero attached hydrogens (tertiary/aromatic N) is 1. The van der Waals surface area contributed by atoms with Gasteiger partial charge in [-0.05, 0) is 119 Å². The maximum absolute atomic E-state index is 13.3. The Morgan fingerprint density at radius 3 is 1.98 bits per heavy atom. The zero-order chi connectivity index (χ0) is 33.7. The summed E-state index contributed by atoms with van der Waals surface area (Å²) in [7, 11) is 0. The smallest absolute Gasteiger partial charge is 0.343 e. The predicted molar refractivity (Wildman–Crippen MR) is 204 cm³/mol. The maximum Gasteiger partial charge on any atom is 0.343 e. The average molecular weight is 638 g/mol. The molecule has 0 atom stereocenters. The van der Waals surface area contributed by atoms with E-state index in [0.717, 1.165) is 29.0 Å². The van der Waals surface area contributed by atoms with Crippen LogP contribution < -0.4 is 9.64 Å².